The highest BCUT2D eigenvalue weighted by atomic mass is 16.5. The van der Waals surface area contributed by atoms with E-state index in [0.717, 1.165) is 5.39 Å². The van der Waals surface area contributed by atoms with Crippen LogP contribution in [-0.4, -0.2) is 39.4 Å². The lowest BCUT2D eigenvalue weighted by atomic mass is 10.2. The first-order chi connectivity index (χ1) is 9.15. The lowest BCUT2D eigenvalue weighted by Gasteiger charge is -2.11. The highest BCUT2D eigenvalue weighted by Crippen LogP contribution is 2.41. The van der Waals surface area contributed by atoms with Crippen LogP contribution in [0.2, 0.25) is 0 Å². The summed E-state index contributed by atoms with van der Waals surface area (Å²) in [6.45, 7) is 0. The molecule has 102 valence electrons. The van der Waals surface area contributed by atoms with Crippen molar-refractivity contribution in [3.63, 3.8) is 0 Å². The van der Waals surface area contributed by atoms with Crippen LogP contribution in [0.1, 0.15) is 10.5 Å². The molecule has 0 aliphatic heterocycles. The number of ether oxygens (including phenoxy) is 4. The van der Waals surface area contributed by atoms with E-state index in [2.05, 4.69) is 9.72 Å². The van der Waals surface area contributed by atoms with Gasteiger partial charge in [0.2, 0.25) is 0 Å². The molecule has 0 saturated heterocycles. The molecule has 1 aromatic carbocycles. The van der Waals surface area contributed by atoms with Crippen molar-refractivity contribution in [2.24, 2.45) is 0 Å². The zero-order valence-corrected chi connectivity index (χ0v) is 11.2. The fourth-order valence-corrected chi connectivity index (χ4v) is 1.96. The largest absolute Gasteiger partial charge is 0.496 e. The maximum atomic E-state index is 11.6. The van der Waals surface area contributed by atoms with E-state index in [1.165, 1.54) is 21.3 Å². The second kappa shape index (κ2) is 5.09. The number of esters is 1. The number of methoxy groups -OCH3 is 4. The van der Waals surface area contributed by atoms with E-state index in [1.807, 2.05) is 0 Å². The van der Waals surface area contributed by atoms with Crippen LogP contribution in [0.3, 0.4) is 0 Å². The van der Waals surface area contributed by atoms with Gasteiger partial charge in [-0.25, -0.2) is 4.79 Å². The average Bonchev–Trinajstić information content (AvgIpc) is 2.89. The van der Waals surface area contributed by atoms with E-state index in [1.54, 1.807) is 19.2 Å². The number of hydrogen-bond donors (Lipinski definition) is 1. The van der Waals surface area contributed by atoms with Gasteiger partial charge in [-0.1, -0.05) is 0 Å². The van der Waals surface area contributed by atoms with Gasteiger partial charge < -0.3 is 23.9 Å². The number of nitrogens with one attached hydrogen (secondary N) is 1. The van der Waals surface area contributed by atoms with Crippen molar-refractivity contribution < 1.29 is 23.7 Å². The molecule has 0 radical (unpaired) electrons. The van der Waals surface area contributed by atoms with Gasteiger partial charge in [0, 0.05) is 11.5 Å². The molecule has 0 aliphatic carbocycles. The SMILES string of the molecule is COC(=O)c1cc2c(OC)cc(OC)c(OC)c2[nH]1. The van der Waals surface area contributed by atoms with Crippen LogP contribution in [0.5, 0.6) is 17.2 Å². The quantitative estimate of drug-likeness (QED) is 0.856. The molecule has 1 aromatic heterocycles. The van der Waals surface area contributed by atoms with Crippen molar-refractivity contribution in [1.29, 1.82) is 0 Å². The van der Waals surface area contributed by atoms with Crippen LogP contribution in [0.15, 0.2) is 12.1 Å². The third-order valence-corrected chi connectivity index (χ3v) is 2.85. The van der Waals surface area contributed by atoms with Crippen LogP contribution < -0.4 is 14.2 Å². The first-order valence-electron chi connectivity index (χ1n) is 5.56. The van der Waals surface area contributed by atoms with E-state index in [9.17, 15) is 4.79 Å². The second-order valence-electron chi connectivity index (χ2n) is 3.78. The normalized spacial score (nSPS) is 10.3. The van der Waals surface area contributed by atoms with E-state index < -0.39 is 5.97 Å². The smallest absolute Gasteiger partial charge is 0.354 e. The fourth-order valence-electron chi connectivity index (χ4n) is 1.96. The van der Waals surface area contributed by atoms with Gasteiger partial charge in [-0.15, -0.1) is 0 Å². The molecule has 0 spiro atoms. The molecule has 2 rings (SSSR count). The molecule has 0 atom stereocenters. The predicted octanol–water partition coefficient (Wildman–Crippen LogP) is 1.98. The third kappa shape index (κ3) is 2.05. The minimum Gasteiger partial charge on any atom is -0.496 e. The fraction of sp³-hybridized carbons (Fsp3) is 0.308. The Morgan fingerprint density at radius 1 is 1.00 bits per heavy atom. The molecule has 0 fully saturated rings. The lowest BCUT2D eigenvalue weighted by Crippen LogP contribution is -2.00. The molecule has 0 saturated carbocycles. The first kappa shape index (κ1) is 13.1. The molecule has 1 heterocycles. The van der Waals surface area contributed by atoms with E-state index in [0.29, 0.717) is 28.5 Å². The summed E-state index contributed by atoms with van der Waals surface area (Å²) in [7, 11) is 5.93. The predicted molar refractivity (Wildman–Crippen MR) is 69.3 cm³/mol. The maximum Gasteiger partial charge on any atom is 0.354 e. The van der Waals surface area contributed by atoms with Gasteiger partial charge in [0.25, 0.3) is 0 Å². The Bertz CT molecular complexity index is 617. The van der Waals surface area contributed by atoms with Crippen LogP contribution in [0.4, 0.5) is 0 Å². The summed E-state index contributed by atoms with van der Waals surface area (Å²) in [5, 5.41) is 0.723. The Hall–Kier alpha value is -2.37. The molecule has 6 heteroatoms. The molecule has 6 nitrogen and oxygen atoms in total. The number of aromatic nitrogens is 1. The lowest BCUT2D eigenvalue weighted by molar-refractivity contribution is 0.0595. The minimum atomic E-state index is -0.459. The van der Waals surface area contributed by atoms with E-state index >= 15 is 0 Å². The van der Waals surface area contributed by atoms with Crippen molar-refractivity contribution in [2.45, 2.75) is 0 Å². The summed E-state index contributed by atoms with van der Waals surface area (Å²) >= 11 is 0. The van der Waals surface area contributed by atoms with Gasteiger partial charge in [-0.3, -0.25) is 0 Å². The minimum absolute atomic E-state index is 0.322. The van der Waals surface area contributed by atoms with Crippen molar-refractivity contribution in [3.05, 3.63) is 17.8 Å². The topological polar surface area (TPSA) is 69.8 Å². The molecule has 0 aliphatic rings. The summed E-state index contributed by atoms with van der Waals surface area (Å²) in [5.41, 5.74) is 0.946. The molecule has 2 aromatic rings. The van der Waals surface area contributed by atoms with Gasteiger partial charge >= 0.3 is 5.97 Å². The van der Waals surface area contributed by atoms with Crippen LogP contribution >= 0.6 is 0 Å². The average molecular weight is 265 g/mol. The molecule has 1 N–H and O–H groups in total. The Morgan fingerprint density at radius 3 is 2.21 bits per heavy atom. The first-order valence-corrected chi connectivity index (χ1v) is 5.56. The molecular weight excluding hydrogens is 250 g/mol. The van der Waals surface area contributed by atoms with E-state index in [4.69, 9.17) is 14.2 Å². The molecule has 0 bridgehead atoms. The highest BCUT2D eigenvalue weighted by Gasteiger charge is 2.19. The van der Waals surface area contributed by atoms with Crippen LogP contribution in [0, 0.1) is 0 Å². The second-order valence-corrected chi connectivity index (χ2v) is 3.78. The highest BCUT2D eigenvalue weighted by molar-refractivity contribution is 6.00. The Labute approximate surface area is 110 Å². The van der Waals surface area contributed by atoms with Crippen LogP contribution in [-0.2, 0) is 4.74 Å². The number of hydrogen-bond acceptors (Lipinski definition) is 5. The maximum absolute atomic E-state index is 11.6. The molecule has 0 amide bonds. The summed E-state index contributed by atoms with van der Waals surface area (Å²) in [6, 6.07) is 3.36. The standard InChI is InChI=1S/C13H15NO5/c1-16-9-6-10(17-2)12(18-3)11-7(9)5-8(14-11)13(15)19-4/h5-6,14H,1-4H3. The van der Waals surface area contributed by atoms with Crippen molar-refractivity contribution in [3.8, 4) is 17.2 Å². The molecule has 0 unspecified atom stereocenters. The zero-order chi connectivity index (χ0) is 14.0. The number of benzene rings is 1. The van der Waals surface area contributed by atoms with Gasteiger partial charge in [0.05, 0.1) is 34.0 Å². The Kier molecular flexibility index (Phi) is 3.50. The van der Waals surface area contributed by atoms with Gasteiger partial charge in [0.15, 0.2) is 11.5 Å². The molecule has 19 heavy (non-hydrogen) atoms. The number of carbonyl (C=O) groups is 1. The number of fused-ring (bicyclic) bond motifs is 1. The number of rotatable bonds is 4. The van der Waals surface area contributed by atoms with Gasteiger partial charge in [0.1, 0.15) is 11.4 Å². The van der Waals surface area contributed by atoms with Gasteiger partial charge in [-0.05, 0) is 6.07 Å². The zero-order valence-electron chi connectivity index (χ0n) is 11.2. The number of H-pyrrole nitrogens is 1. The summed E-state index contributed by atoms with van der Waals surface area (Å²) in [4.78, 5) is 14.5. The van der Waals surface area contributed by atoms with Crippen molar-refractivity contribution >= 4 is 16.9 Å². The van der Waals surface area contributed by atoms with E-state index in [-0.39, 0.29) is 0 Å². The van der Waals surface area contributed by atoms with Crippen molar-refractivity contribution in [1.82, 2.24) is 4.98 Å². The Morgan fingerprint density at radius 2 is 1.68 bits per heavy atom. The number of carbonyl (C=O) groups excluding carboxylic acids is 1. The van der Waals surface area contributed by atoms with Gasteiger partial charge in [-0.2, -0.15) is 0 Å². The number of aromatic amines is 1. The molecular formula is C13H15NO5. The monoisotopic (exact) mass is 265 g/mol. The van der Waals surface area contributed by atoms with Crippen LogP contribution in [0.25, 0.3) is 10.9 Å². The summed E-state index contributed by atoms with van der Waals surface area (Å²) in [6.07, 6.45) is 0. The summed E-state index contributed by atoms with van der Waals surface area (Å²) < 4.78 is 20.5. The Balaban J connectivity index is 2.76. The van der Waals surface area contributed by atoms with Crippen molar-refractivity contribution in [2.75, 3.05) is 28.4 Å². The summed E-state index contributed by atoms with van der Waals surface area (Å²) in [5.74, 6) is 1.15. The third-order valence-electron chi connectivity index (χ3n) is 2.85.